The summed E-state index contributed by atoms with van der Waals surface area (Å²) in [5.74, 6) is -10.5. The lowest BCUT2D eigenvalue weighted by Gasteiger charge is -2.42. The van der Waals surface area contributed by atoms with Crippen molar-refractivity contribution >= 4 is 47.4 Å². The predicted molar refractivity (Wildman–Crippen MR) is 170 cm³/mol. The number of allylic oxidation sites excluding steroid dienone is 2. The van der Waals surface area contributed by atoms with Gasteiger partial charge in [0, 0.05) is 57.9 Å². The van der Waals surface area contributed by atoms with Gasteiger partial charge in [0.2, 0.25) is 6.10 Å². The molecule has 0 amide bonds. The minimum atomic E-state index is -2.35. The first-order valence-corrected chi connectivity index (χ1v) is 16.0. The van der Waals surface area contributed by atoms with E-state index in [1.807, 2.05) is 0 Å². The highest BCUT2D eigenvalue weighted by molar-refractivity contribution is 5.96. The van der Waals surface area contributed by atoms with E-state index in [0.717, 1.165) is 34.6 Å². The maximum atomic E-state index is 14.7. The van der Waals surface area contributed by atoms with Crippen molar-refractivity contribution in [2.45, 2.75) is 125 Å². The SMILES string of the molecule is C=C1C(OC(C)=O)C(OC(=O)C(C)CC)C(=O)C(C)(C)C=CC(C)C(=O)C2(OC(C)=O)CC(C)(OC(C)=O)C(OC(C)=O)C2C1OC(C)=O. The summed E-state index contributed by atoms with van der Waals surface area (Å²) in [6.45, 7) is 18.3. The number of hydrogen-bond donors (Lipinski definition) is 0. The summed E-state index contributed by atoms with van der Waals surface area (Å²) in [6, 6.07) is 0. The van der Waals surface area contributed by atoms with Crippen molar-refractivity contribution in [3.8, 4) is 0 Å². The Bertz CT molecular complexity index is 1420. The largest absolute Gasteiger partial charge is 0.458 e. The van der Waals surface area contributed by atoms with E-state index in [-0.39, 0.29) is 5.57 Å². The highest BCUT2D eigenvalue weighted by Crippen LogP contribution is 2.54. The third-order valence-corrected chi connectivity index (χ3v) is 8.78. The first-order valence-electron chi connectivity index (χ1n) is 16.0. The van der Waals surface area contributed by atoms with Crippen LogP contribution in [0.2, 0.25) is 0 Å². The standard InChI is InChI=1S/C35H48O14/c1-13-17(2)32(43)47-28-27(45-21(6)37)19(4)26(44-20(5)36)25-31(46-22(7)38)34(12,48-23(8)39)16-35(25,49-24(9)40)29(41)18(3)14-15-33(10,11)30(28)42/h14-15,17-18,25-28,31H,4,13,16H2,1-3,5-12H3. The molecule has 0 aromatic rings. The van der Waals surface area contributed by atoms with E-state index in [2.05, 4.69) is 6.58 Å². The van der Waals surface area contributed by atoms with E-state index in [4.69, 9.17) is 28.4 Å². The third kappa shape index (κ3) is 9.01. The number of fused-ring (bicyclic) bond motifs is 1. The number of Topliss-reactive ketones (excluding diaryl/α,β-unsaturated/α-hetero) is 2. The van der Waals surface area contributed by atoms with Gasteiger partial charge in [0.1, 0.15) is 6.10 Å². The zero-order valence-electron chi connectivity index (χ0n) is 30.0. The lowest BCUT2D eigenvalue weighted by Crippen LogP contribution is -2.58. The van der Waals surface area contributed by atoms with Crippen LogP contribution >= 0.6 is 0 Å². The Hall–Kier alpha value is -4.36. The van der Waals surface area contributed by atoms with Crippen molar-refractivity contribution in [2.24, 2.45) is 23.2 Å². The first kappa shape index (κ1) is 40.8. The molecule has 49 heavy (non-hydrogen) atoms. The fraction of sp³-hybridized carbons (Fsp3) is 0.657. The van der Waals surface area contributed by atoms with Gasteiger partial charge in [0.25, 0.3) is 0 Å². The molecular formula is C35H48O14. The molecule has 9 atom stereocenters. The quantitative estimate of drug-likeness (QED) is 0.204. The Labute approximate surface area is 286 Å². The molecule has 14 nitrogen and oxygen atoms in total. The second-order valence-electron chi connectivity index (χ2n) is 13.5. The smallest absolute Gasteiger partial charge is 0.309 e. The third-order valence-electron chi connectivity index (χ3n) is 8.78. The summed E-state index contributed by atoms with van der Waals surface area (Å²) in [4.78, 5) is 106. The molecule has 0 spiro atoms. The minimum absolute atomic E-state index is 0.337. The summed E-state index contributed by atoms with van der Waals surface area (Å²) in [7, 11) is 0. The van der Waals surface area contributed by atoms with Crippen LogP contribution in [0.15, 0.2) is 24.3 Å². The molecule has 2 rings (SSSR count). The lowest BCUT2D eigenvalue weighted by atomic mass is 9.72. The number of hydrogen-bond acceptors (Lipinski definition) is 14. The normalized spacial score (nSPS) is 31.9. The number of rotatable bonds is 8. The molecule has 0 radical (unpaired) electrons. The van der Waals surface area contributed by atoms with Gasteiger partial charge in [0.05, 0.1) is 11.8 Å². The zero-order valence-corrected chi connectivity index (χ0v) is 30.0. The minimum Gasteiger partial charge on any atom is -0.458 e. The highest BCUT2D eigenvalue weighted by Gasteiger charge is 2.72. The van der Waals surface area contributed by atoms with Crippen LogP contribution < -0.4 is 0 Å². The van der Waals surface area contributed by atoms with E-state index < -0.39 is 113 Å². The molecule has 0 aromatic carbocycles. The molecule has 0 aliphatic heterocycles. The van der Waals surface area contributed by atoms with Crippen molar-refractivity contribution in [2.75, 3.05) is 0 Å². The monoisotopic (exact) mass is 692 g/mol. The Morgan fingerprint density at radius 3 is 1.76 bits per heavy atom. The van der Waals surface area contributed by atoms with Gasteiger partial charge in [-0.2, -0.15) is 0 Å². The van der Waals surface area contributed by atoms with Gasteiger partial charge in [-0.1, -0.05) is 39.5 Å². The molecule has 2 aliphatic rings. The van der Waals surface area contributed by atoms with Gasteiger partial charge in [-0.05, 0) is 27.2 Å². The van der Waals surface area contributed by atoms with Gasteiger partial charge >= 0.3 is 35.8 Å². The second-order valence-corrected chi connectivity index (χ2v) is 13.5. The van der Waals surface area contributed by atoms with Crippen molar-refractivity contribution in [3.05, 3.63) is 24.3 Å². The maximum Gasteiger partial charge on any atom is 0.309 e. The van der Waals surface area contributed by atoms with Gasteiger partial charge in [-0.3, -0.25) is 38.4 Å². The molecule has 272 valence electrons. The Kier molecular flexibility index (Phi) is 12.9. The van der Waals surface area contributed by atoms with Crippen LogP contribution in [0.4, 0.5) is 0 Å². The molecule has 9 unspecified atom stereocenters. The van der Waals surface area contributed by atoms with E-state index in [1.165, 1.54) is 39.8 Å². The van der Waals surface area contributed by atoms with E-state index in [1.54, 1.807) is 13.8 Å². The van der Waals surface area contributed by atoms with Crippen LogP contribution in [0.3, 0.4) is 0 Å². The van der Waals surface area contributed by atoms with Crippen LogP contribution in [-0.4, -0.2) is 83.0 Å². The van der Waals surface area contributed by atoms with Crippen LogP contribution in [-0.2, 0) is 66.8 Å². The summed E-state index contributed by atoms with van der Waals surface area (Å²) < 4.78 is 34.4. The predicted octanol–water partition coefficient (Wildman–Crippen LogP) is 3.31. The van der Waals surface area contributed by atoms with E-state index in [9.17, 15) is 38.4 Å². The molecule has 1 saturated carbocycles. The molecule has 2 aliphatic carbocycles. The molecule has 0 heterocycles. The highest BCUT2D eigenvalue weighted by atomic mass is 16.6. The second kappa shape index (κ2) is 15.5. The number of carbonyl (C=O) groups excluding carboxylic acids is 8. The molecular weight excluding hydrogens is 644 g/mol. The Morgan fingerprint density at radius 2 is 1.29 bits per heavy atom. The number of esters is 6. The topological polar surface area (TPSA) is 192 Å². The van der Waals surface area contributed by atoms with Gasteiger partial charge in [-0.15, -0.1) is 0 Å². The van der Waals surface area contributed by atoms with Crippen LogP contribution in [0.5, 0.6) is 0 Å². The average molecular weight is 693 g/mol. The molecule has 0 N–H and O–H groups in total. The summed E-state index contributed by atoms with van der Waals surface area (Å²) >= 11 is 0. The molecule has 1 fully saturated rings. The summed E-state index contributed by atoms with van der Waals surface area (Å²) in [5, 5.41) is 0. The number of ether oxygens (including phenoxy) is 6. The molecule has 14 heteroatoms. The van der Waals surface area contributed by atoms with E-state index >= 15 is 0 Å². The maximum absolute atomic E-state index is 14.7. The summed E-state index contributed by atoms with van der Waals surface area (Å²) in [5.41, 5.74) is -6.09. The van der Waals surface area contributed by atoms with Crippen molar-refractivity contribution < 1.29 is 66.8 Å². The van der Waals surface area contributed by atoms with Gasteiger partial charge < -0.3 is 28.4 Å². The molecule has 0 bridgehead atoms. The average Bonchev–Trinajstić information content (AvgIpc) is 3.19. The fourth-order valence-electron chi connectivity index (χ4n) is 6.43. The van der Waals surface area contributed by atoms with Gasteiger partial charge in [0.15, 0.2) is 35.0 Å². The lowest BCUT2D eigenvalue weighted by molar-refractivity contribution is -0.191. The van der Waals surface area contributed by atoms with Crippen molar-refractivity contribution in [3.63, 3.8) is 0 Å². The number of ketones is 2. The zero-order chi connectivity index (χ0) is 37.8. The van der Waals surface area contributed by atoms with Crippen LogP contribution in [0.25, 0.3) is 0 Å². The summed E-state index contributed by atoms with van der Waals surface area (Å²) in [6.07, 6.45) is -4.68. The molecule has 0 aromatic heterocycles. The Morgan fingerprint density at radius 1 is 0.776 bits per heavy atom. The van der Waals surface area contributed by atoms with Crippen LogP contribution in [0.1, 0.15) is 89.0 Å². The van der Waals surface area contributed by atoms with Gasteiger partial charge in [-0.25, -0.2) is 0 Å². The first-order chi connectivity index (χ1) is 22.4. The van der Waals surface area contributed by atoms with Crippen molar-refractivity contribution in [1.29, 1.82) is 0 Å². The molecule has 0 saturated heterocycles. The fourth-order valence-corrected chi connectivity index (χ4v) is 6.43. The Balaban J connectivity index is 3.21. The number of carbonyl (C=O) groups is 8. The van der Waals surface area contributed by atoms with Crippen molar-refractivity contribution in [1.82, 2.24) is 0 Å². The van der Waals surface area contributed by atoms with Crippen LogP contribution in [0, 0.1) is 23.2 Å². The van der Waals surface area contributed by atoms with E-state index in [0.29, 0.717) is 6.42 Å².